The maximum absolute atomic E-state index is 17.8. The minimum absolute atomic E-state index is 0.0126. The van der Waals surface area contributed by atoms with Crippen molar-refractivity contribution in [1.29, 1.82) is 5.26 Å². The number of amides is 4. The number of nitrogens with zero attached hydrogens (tertiary/aromatic N) is 8. The number of hydrogen-bond donors (Lipinski definition) is 11. The second kappa shape index (κ2) is 28.9. The third-order valence-electron chi connectivity index (χ3n) is 18.8. The summed E-state index contributed by atoms with van der Waals surface area (Å²) in [6.45, 7) is -7.93. The number of aliphatic hydroxyl groups excluding tert-OH is 1. The van der Waals surface area contributed by atoms with Crippen molar-refractivity contribution in [3.05, 3.63) is 0 Å². The van der Waals surface area contributed by atoms with Gasteiger partial charge >= 0.3 is 0 Å². The molecule has 0 aromatic carbocycles. The summed E-state index contributed by atoms with van der Waals surface area (Å²) in [6, 6.07) is 0.580. The SMILES string of the molecule is CCS(=O)(=O)C1(OCCOC)C(CO)(COC)N(C(NC(C)=O)(C(N)=O)N2C(C(=O)NC)(C(=O)NCCN(C)C)C(C#N)(CN)OC(CN(C)C)(N3CCCC3)C2(C2CCNCC2)N2CCNCC2)C(NS(C)(=O)=O)(S(=O)(=O)NC2CC2)C1(S(=O)(=O)NC)S(=O)(=O)N(C)C. The van der Waals surface area contributed by atoms with Gasteiger partial charge < -0.3 is 71.9 Å². The maximum atomic E-state index is 17.8. The molecule has 542 valence electrons. The van der Waals surface area contributed by atoms with Crippen LogP contribution in [0.25, 0.3) is 0 Å². The Labute approximate surface area is 553 Å². The number of nitrogens with one attached hydrogen (secondary N) is 8. The van der Waals surface area contributed by atoms with Crippen LogP contribution >= 0.6 is 0 Å². The van der Waals surface area contributed by atoms with Gasteiger partial charge in [0.2, 0.25) is 72.9 Å². The maximum Gasteiger partial charge on any atom is 0.293 e. The topological polar surface area (TPSA) is 491 Å². The van der Waals surface area contributed by atoms with Crippen molar-refractivity contribution in [1.82, 2.24) is 74.5 Å². The van der Waals surface area contributed by atoms with E-state index >= 15 is 61.3 Å². The molecular formula is C52H100N18O19S5. The molecule has 5 saturated heterocycles. The van der Waals surface area contributed by atoms with Crippen molar-refractivity contribution >= 4 is 73.6 Å². The van der Waals surface area contributed by atoms with Crippen molar-refractivity contribution in [2.75, 3.05) is 188 Å². The predicted octanol–water partition coefficient (Wildman–Crippen LogP) is -9.16. The van der Waals surface area contributed by atoms with Gasteiger partial charge in [-0.15, -0.1) is 0 Å². The van der Waals surface area contributed by atoms with E-state index in [0.29, 0.717) is 45.8 Å². The average Bonchev–Trinajstić information content (AvgIpc) is 1.39. The van der Waals surface area contributed by atoms with Gasteiger partial charge in [-0.05, 0) is 92.8 Å². The molecule has 5 aliphatic heterocycles. The molecular weight excluding hydrogens is 1340 g/mol. The standard InChI is InChI=1S/C52H100N18O19S5/c1-14-91(78,79)50(88-32-31-86-11)44(36-71,37-87-12)69(52(63-90(13,76)77,93(82,83)62-40-17-18-40)51(50,92(80,81)57-4)94(84,85)66(9)10)49(41(55)73,61-38(2)72)70-47(42(74)56-3,43(75)60-25-28-64(5)6)45(33-53,34-54)89-46(35-65(7)8,67-26-15-16-27-67)48(70,39-19-21-58-22-20-39)68-29-23-59-24-30-68/h39-40,57-59,62-63,71H,14-33,35-37,53H2,1-13H3,(H2,55,73)(H,56,74)(H,60,75)(H,61,72). The number of primary amides is 1. The highest BCUT2D eigenvalue weighted by Gasteiger charge is 3.03. The van der Waals surface area contributed by atoms with Crippen molar-refractivity contribution in [2.24, 2.45) is 17.4 Å². The fraction of sp³-hybridized carbons (Fsp3) is 0.904. The lowest BCUT2D eigenvalue weighted by molar-refractivity contribution is -0.414. The van der Waals surface area contributed by atoms with Crippen molar-refractivity contribution in [3.63, 3.8) is 0 Å². The number of carbonyl (C=O) groups is 4. The van der Waals surface area contributed by atoms with E-state index in [1.807, 2.05) is 10.8 Å². The van der Waals surface area contributed by atoms with Crippen molar-refractivity contribution in [2.45, 2.75) is 106 Å². The fourth-order valence-corrected chi connectivity index (χ4v) is 28.7. The lowest BCUT2D eigenvalue weighted by Gasteiger charge is -2.77. The Kier molecular flexibility index (Phi) is 24.4. The number of likely N-dealkylation sites (tertiary alicyclic amines) is 2. The number of nitriles is 1. The van der Waals surface area contributed by atoms with Crippen LogP contribution in [-0.4, -0.2) is 346 Å². The molecule has 9 atom stereocenters. The molecule has 4 amide bonds. The first kappa shape index (κ1) is 79.4. The molecule has 0 bridgehead atoms. The molecule has 6 rings (SSSR count). The Hall–Kier alpha value is -3.60. The molecule has 6 aliphatic rings. The Morgan fingerprint density at radius 3 is 1.83 bits per heavy atom. The number of aliphatic hydroxyl groups is 1. The fourth-order valence-electron chi connectivity index (χ4n) is 15.5. The first-order valence-electron chi connectivity index (χ1n) is 30.8. The average molecular weight is 1440 g/mol. The molecule has 6 fully saturated rings. The van der Waals surface area contributed by atoms with Gasteiger partial charge in [0.15, 0.2) is 15.6 Å². The number of nitrogens with two attached hydrogens (primary N) is 2. The number of morpholine rings is 1. The zero-order chi connectivity index (χ0) is 71.0. The van der Waals surface area contributed by atoms with Crippen LogP contribution in [0.5, 0.6) is 0 Å². The normalized spacial score (nSPS) is 32.4. The Morgan fingerprint density at radius 1 is 0.809 bits per heavy atom. The van der Waals surface area contributed by atoms with Gasteiger partial charge in [-0.25, -0.2) is 65.6 Å². The van der Waals surface area contributed by atoms with Crippen LogP contribution in [0.3, 0.4) is 0 Å². The highest BCUT2D eigenvalue weighted by Crippen LogP contribution is 2.70. The largest absolute Gasteiger partial charge is 0.394 e. The van der Waals surface area contributed by atoms with E-state index in [4.69, 9.17) is 30.4 Å². The Balaban J connectivity index is 2.40. The lowest BCUT2D eigenvalue weighted by atomic mass is 9.63. The van der Waals surface area contributed by atoms with E-state index in [9.17, 15) is 10.4 Å². The molecule has 0 spiro atoms. The number of sulfone groups is 1. The predicted molar refractivity (Wildman–Crippen MR) is 342 cm³/mol. The molecule has 0 aromatic heterocycles. The number of carbonyl (C=O) groups excluding carboxylic acids is 4. The monoisotopic (exact) mass is 1440 g/mol. The molecule has 1 aliphatic carbocycles. The molecule has 0 radical (unpaired) electrons. The summed E-state index contributed by atoms with van der Waals surface area (Å²) in [6.07, 6.45) is 0.219. The summed E-state index contributed by atoms with van der Waals surface area (Å²) in [5.41, 5.74) is -2.77. The molecule has 5 heterocycles. The zero-order valence-electron chi connectivity index (χ0n) is 56.0. The molecule has 42 heteroatoms. The number of sulfonamides is 4. The smallest absolute Gasteiger partial charge is 0.293 e. The van der Waals surface area contributed by atoms with Crippen LogP contribution in [0.15, 0.2) is 0 Å². The number of piperidine rings is 1. The lowest BCUT2D eigenvalue weighted by Crippen LogP contribution is -3.03. The molecule has 13 N–H and O–H groups in total. The van der Waals surface area contributed by atoms with E-state index in [0.717, 1.165) is 28.2 Å². The summed E-state index contributed by atoms with van der Waals surface area (Å²) in [7, 11) is -22.3. The van der Waals surface area contributed by atoms with Gasteiger partial charge in [-0.2, -0.15) is 9.98 Å². The van der Waals surface area contributed by atoms with Crippen LogP contribution in [0.2, 0.25) is 0 Å². The summed E-state index contributed by atoms with van der Waals surface area (Å²) in [4.78, 5) is 65.0. The first-order chi connectivity index (χ1) is 43.8. The van der Waals surface area contributed by atoms with Gasteiger partial charge in [0.1, 0.15) is 17.3 Å². The first-order valence-corrected chi connectivity index (χ1v) is 38.7. The summed E-state index contributed by atoms with van der Waals surface area (Å²) < 4.78 is 196. The number of piperazine rings is 1. The number of hydrogen-bond acceptors (Lipinski definition) is 29. The van der Waals surface area contributed by atoms with Gasteiger partial charge in [0, 0.05) is 114 Å². The molecule has 94 heavy (non-hydrogen) atoms. The van der Waals surface area contributed by atoms with Crippen molar-refractivity contribution < 1.29 is 85.3 Å². The second-order valence-corrected chi connectivity index (χ2v) is 35.7. The van der Waals surface area contributed by atoms with E-state index in [1.165, 1.54) is 0 Å². The van der Waals surface area contributed by atoms with E-state index in [1.54, 1.807) is 52.5 Å². The Morgan fingerprint density at radius 2 is 1.39 bits per heavy atom. The summed E-state index contributed by atoms with van der Waals surface area (Å²) >= 11 is 0. The molecule has 9 unspecified atom stereocenters. The third-order valence-corrected chi connectivity index (χ3v) is 30.0. The van der Waals surface area contributed by atoms with Crippen LogP contribution in [0, 0.1) is 17.2 Å². The second-order valence-electron chi connectivity index (χ2n) is 25.2. The van der Waals surface area contributed by atoms with Gasteiger partial charge in [-0.3, -0.25) is 29.0 Å². The molecule has 1 saturated carbocycles. The van der Waals surface area contributed by atoms with E-state index < -0.39 is 185 Å². The number of likely N-dealkylation sites (N-methyl/N-ethyl adjacent to an activating group) is 3. The van der Waals surface area contributed by atoms with Crippen LogP contribution < -0.4 is 52.2 Å². The Bertz CT molecular complexity index is 3390. The van der Waals surface area contributed by atoms with Crippen molar-refractivity contribution in [3.8, 4) is 6.07 Å². The van der Waals surface area contributed by atoms with Gasteiger partial charge in [0.25, 0.3) is 21.8 Å². The van der Waals surface area contributed by atoms with Crippen LogP contribution in [-0.2, 0) is 88.1 Å². The quantitative estimate of drug-likeness (QED) is 0.0215. The van der Waals surface area contributed by atoms with Gasteiger partial charge in [-0.1, -0.05) is 6.92 Å². The summed E-state index contributed by atoms with van der Waals surface area (Å²) in [5.74, 6) is -14.9. The molecule has 0 aromatic rings. The van der Waals surface area contributed by atoms with Gasteiger partial charge in [0.05, 0.1) is 38.4 Å². The minimum Gasteiger partial charge on any atom is -0.394 e. The summed E-state index contributed by atoms with van der Waals surface area (Å²) in [5, 5.41) is 40.4. The highest BCUT2D eigenvalue weighted by atomic mass is 32.3. The third kappa shape index (κ3) is 11.6. The highest BCUT2D eigenvalue weighted by molar-refractivity contribution is 8.12. The van der Waals surface area contributed by atoms with Crippen LogP contribution in [0.1, 0.15) is 52.4 Å². The number of methoxy groups -OCH3 is 2. The zero-order valence-corrected chi connectivity index (χ0v) is 60.1. The van der Waals surface area contributed by atoms with E-state index in [-0.39, 0.29) is 100 Å². The van der Waals surface area contributed by atoms with E-state index in [2.05, 4.69) is 31.3 Å². The number of rotatable bonds is 33. The number of ether oxygens (including phenoxy) is 4. The molecule has 37 nitrogen and oxygen atoms in total. The minimum atomic E-state index is -6.96. The van der Waals surface area contributed by atoms with Crippen LogP contribution in [0.4, 0.5) is 0 Å².